The van der Waals surface area contributed by atoms with E-state index in [2.05, 4.69) is 15.6 Å². The van der Waals surface area contributed by atoms with Crippen molar-refractivity contribution in [1.82, 2.24) is 4.98 Å². The number of hydrogen-bond donors (Lipinski definition) is 2. The molecule has 1 aromatic heterocycles. The van der Waals surface area contributed by atoms with Gasteiger partial charge in [0.25, 0.3) is 5.91 Å². The maximum Gasteiger partial charge on any atom is 0.257 e. The molecule has 2 N–H and O–H groups in total. The van der Waals surface area contributed by atoms with E-state index in [1.54, 1.807) is 12.3 Å². The lowest BCUT2D eigenvalue weighted by molar-refractivity contribution is 0.102. The molecule has 1 amide bonds. The van der Waals surface area contributed by atoms with Crippen LogP contribution in [0.25, 0.3) is 0 Å². The van der Waals surface area contributed by atoms with E-state index in [4.69, 9.17) is 4.74 Å². The van der Waals surface area contributed by atoms with E-state index in [9.17, 15) is 9.18 Å². The van der Waals surface area contributed by atoms with Gasteiger partial charge in [0, 0.05) is 11.9 Å². The third kappa shape index (κ3) is 5.04. The van der Waals surface area contributed by atoms with E-state index in [0.29, 0.717) is 22.7 Å². The van der Waals surface area contributed by atoms with Crippen molar-refractivity contribution in [1.29, 1.82) is 0 Å². The van der Waals surface area contributed by atoms with Crippen LogP contribution in [0, 0.1) is 5.82 Å². The number of para-hydroxylation sites is 2. The van der Waals surface area contributed by atoms with Gasteiger partial charge < -0.3 is 15.4 Å². The predicted octanol–water partition coefficient (Wildman–Crippen LogP) is 5.00. The number of pyridine rings is 1. The average molecular weight is 365 g/mol. The van der Waals surface area contributed by atoms with Crippen LogP contribution in [-0.2, 0) is 0 Å². The maximum absolute atomic E-state index is 13.0. The Morgan fingerprint density at radius 3 is 2.52 bits per heavy atom. The predicted molar refractivity (Wildman–Crippen MR) is 104 cm³/mol. The summed E-state index contributed by atoms with van der Waals surface area (Å²) in [5.74, 6) is 0.0290. The Hall–Kier alpha value is -3.41. The summed E-state index contributed by atoms with van der Waals surface area (Å²) in [7, 11) is 0. The number of benzene rings is 2. The van der Waals surface area contributed by atoms with Crippen molar-refractivity contribution in [2.75, 3.05) is 10.6 Å². The van der Waals surface area contributed by atoms with Gasteiger partial charge in [-0.25, -0.2) is 4.39 Å². The van der Waals surface area contributed by atoms with Gasteiger partial charge in [0.15, 0.2) is 0 Å². The van der Waals surface area contributed by atoms with E-state index >= 15 is 0 Å². The smallest absolute Gasteiger partial charge is 0.257 e. The van der Waals surface area contributed by atoms with Crippen LogP contribution in [0.3, 0.4) is 0 Å². The van der Waals surface area contributed by atoms with Crippen molar-refractivity contribution in [3.8, 4) is 5.75 Å². The Morgan fingerprint density at radius 1 is 1.04 bits per heavy atom. The Labute approximate surface area is 157 Å². The molecule has 0 saturated carbocycles. The van der Waals surface area contributed by atoms with Gasteiger partial charge in [0.1, 0.15) is 11.6 Å². The van der Waals surface area contributed by atoms with Crippen molar-refractivity contribution >= 4 is 23.0 Å². The number of nitrogens with zero attached hydrogens (tertiary/aromatic N) is 1. The minimum absolute atomic E-state index is 0.0406. The summed E-state index contributed by atoms with van der Waals surface area (Å²) >= 11 is 0. The highest BCUT2D eigenvalue weighted by atomic mass is 19.1. The standard InChI is InChI=1S/C21H20FN3O2/c1-14(2)27-20-6-4-3-5-19(20)24-18-11-15(12-23-13-18)21(26)25-17-9-7-16(22)8-10-17/h3-14,24H,1-2H3,(H,25,26). The summed E-state index contributed by atoms with van der Waals surface area (Å²) in [6.07, 6.45) is 3.14. The summed E-state index contributed by atoms with van der Waals surface area (Å²) in [5.41, 5.74) is 2.33. The number of aromatic nitrogens is 1. The van der Waals surface area contributed by atoms with E-state index in [-0.39, 0.29) is 17.8 Å². The van der Waals surface area contributed by atoms with Crippen LogP contribution in [0.15, 0.2) is 67.0 Å². The van der Waals surface area contributed by atoms with E-state index in [1.807, 2.05) is 38.1 Å². The van der Waals surface area contributed by atoms with Gasteiger partial charge in [0.05, 0.1) is 29.2 Å². The SMILES string of the molecule is CC(C)Oc1ccccc1Nc1cncc(C(=O)Nc2ccc(F)cc2)c1. The van der Waals surface area contributed by atoms with Crippen LogP contribution in [0.4, 0.5) is 21.5 Å². The van der Waals surface area contributed by atoms with Crippen LogP contribution in [-0.4, -0.2) is 17.0 Å². The Balaban J connectivity index is 1.76. The van der Waals surface area contributed by atoms with Crippen LogP contribution >= 0.6 is 0 Å². The number of ether oxygens (including phenoxy) is 1. The maximum atomic E-state index is 13.0. The van der Waals surface area contributed by atoms with Crippen LogP contribution in [0.2, 0.25) is 0 Å². The van der Waals surface area contributed by atoms with Crippen molar-refractivity contribution in [3.63, 3.8) is 0 Å². The molecule has 0 fully saturated rings. The second kappa shape index (κ2) is 8.31. The average Bonchev–Trinajstić information content (AvgIpc) is 2.65. The number of anilines is 3. The molecule has 5 nitrogen and oxygen atoms in total. The first-order valence-electron chi connectivity index (χ1n) is 8.56. The van der Waals surface area contributed by atoms with Gasteiger partial charge in [-0.2, -0.15) is 0 Å². The van der Waals surface area contributed by atoms with Crippen molar-refractivity contribution in [2.24, 2.45) is 0 Å². The lowest BCUT2D eigenvalue weighted by Crippen LogP contribution is -2.12. The number of hydrogen-bond acceptors (Lipinski definition) is 4. The van der Waals surface area contributed by atoms with Crippen molar-refractivity contribution < 1.29 is 13.9 Å². The van der Waals surface area contributed by atoms with Gasteiger partial charge in [-0.3, -0.25) is 9.78 Å². The highest BCUT2D eigenvalue weighted by molar-refractivity contribution is 6.04. The fourth-order valence-electron chi connectivity index (χ4n) is 2.45. The molecule has 0 atom stereocenters. The molecule has 0 saturated heterocycles. The summed E-state index contributed by atoms with van der Waals surface area (Å²) in [4.78, 5) is 16.5. The zero-order valence-corrected chi connectivity index (χ0v) is 15.1. The zero-order valence-electron chi connectivity index (χ0n) is 15.1. The van der Waals surface area contributed by atoms with E-state index in [1.165, 1.54) is 30.5 Å². The molecule has 27 heavy (non-hydrogen) atoms. The third-order valence-electron chi connectivity index (χ3n) is 3.63. The van der Waals surface area contributed by atoms with Gasteiger partial charge in [-0.1, -0.05) is 12.1 Å². The second-order valence-corrected chi connectivity index (χ2v) is 6.21. The molecule has 3 rings (SSSR count). The quantitative estimate of drug-likeness (QED) is 0.645. The topological polar surface area (TPSA) is 63.2 Å². The first-order chi connectivity index (χ1) is 13.0. The van der Waals surface area contributed by atoms with Crippen LogP contribution in [0.5, 0.6) is 5.75 Å². The summed E-state index contributed by atoms with van der Waals surface area (Å²) in [5, 5.41) is 5.94. The zero-order chi connectivity index (χ0) is 19.2. The highest BCUT2D eigenvalue weighted by Crippen LogP contribution is 2.28. The molecule has 0 aliphatic carbocycles. The van der Waals surface area contributed by atoms with Gasteiger partial charge in [-0.05, 0) is 56.3 Å². The molecule has 6 heteroatoms. The number of carbonyl (C=O) groups excluding carboxylic acids is 1. The molecule has 3 aromatic rings. The van der Waals surface area contributed by atoms with Crippen LogP contribution in [0.1, 0.15) is 24.2 Å². The molecule has 0 radical (unpaired) electrons. The van der Waals surface area contributed by atoms with E-state index in [0.717, 1.165) is 5.69 Å². The largest absolute Gasteiger partial charge is 0.489 e. The molecule has 2 aromatic carbocycles. The number of carbonyl (C=O) groups is 1. The normalized spacial score (nSPS) is 10.5. The lowest BCUT2D eigenvalue weighted by Gasteiger charge is -2.15. The Morgan fingerprint density at radius 2 is 1.78 bits per heavy atom. The molecule has 0 bridgehead atoms. The highest BCUT2D eigenvalue weighted by Gasteiger charge is 2.10. The summed E-state index contributed by atoms with van der Waals surface area (Å²) in [6.45, 7) is 3.91. The molecule has 0 aliphatic rings. The molecule has 138 valence electrons. The third-order valence-corrected chi connectivity index (χ3v) is 3.63. The minimum Gasteiger partial charge on any atom is -0.489 e. The fraction of sp³-hybridized carbons (Fsp3) is 0.143. The molecular weight excluding hydrogens is 345 g/mol. The fourth-order valence-corrected chi connectivity index (χ4v) is 2.45. The lowest BCUT2D eigenvalue weighted by atomic mass is 10.2. The molecule has 0 aliphatic heterocycles. The molecular formula is C21H20FN3O2. The van der Waals surface area contributed by atoms with Crippen LogP contribution < -0.4 is 15.4 Å². The molecule has 1 heterocycles. The van der Waals surface area contributed by atoms with Gasteiger partial charge in [-0.15, -0.1) is 0 Å². The minimum atomic E-state index is -0.358. The first-order valence-corrected chi connectivity index (χ1v) is 8.56. The van der Waals surface area contributed by atoms with Crippen molar-refractivity contribution in [2.45, 2.75) is 20.0 Å². The number of nitrogens with one attached hydrogen (secondary N) is 2. The molecule has 0 unspecified atom stereocenters. The number of amides is 1. The summed E-state index contributed by atoms with van der Waals surface area (Å²) < 4.78 is 18.8. The van der Waals surface area contributed by atoms with Crippen molar-refractivity contribution in [3.05, 3.63) is 78.4 Å². The van der Waals surface area contributed by atoms with Gasteiger partial charge in [0.2, 0.25) is 0 Å². The number of rotatable bonds is 6. The number of halogens is 1. The summed E-state index contributed by atoms with van der Waals surface area (Å²) in [6, 6.07) is 14.8. The Bertz CT molecular complexity index is 927. The Kier molecular flexibility index (Phi) is 5.66. The second-order valence-electron chi connectivity index (χ2n) is 6.21. The monoisotopic (exact) mass is 365 g/mol. The van der Waals surface area contributed by atoms with Gasteiger partial charge >= 0.3 is 0 Å². The van der Waals surface area contributed by atoms with E-state index < -0.39 is 0 Å². The molecule has 0 spiro atoms. The first kappa shape index (κ1) is 18.4.